The molecule has 4 heterocycles. The van der Waals surface area contributed by atoms with Crippen LogP contribution in [0, 0.1) is 5.82 Å². The van der Waals surface area contributed by atoms with Crippen molar-refractivity contribution in [1.82, 2.24) is 24.9 Å². The Labute approximate surface area is 162 Å². The molecule has 0 aromatic carbocycles. The van der Waals surface area contributed by atoms with Gasteiger partial charge >= 0.3 is 0 Å². The number of hydrogen-bond acceptors (Lipinski definition) is 7. The van der Waals surface area contributed by atoms with Gasteiger partial charge in [0.25, 0.3) is 0 Å². The third-order valence-electron chi connectivity index (χ3n) is 5.38. The number of halogens is 2. The highest BCUT2D eigenvalue weighted by Gasteiger charge is 2.46. The third kappa shape index (κ3) is 3.40. The number of pyridine rings is 1. The van der Waals surface area contributed by atoms with Gasteiger partial charge in [0.2, 0.25) is 6.41 Å². The van der Waals surface area contributed by atoms with Gasteiger partial charge in [-0.3, -0.25) is 14.7 Å². The Kier molecular flexibility index (Phi) is 5.27. The minimum atomic E-state index is -0.365. The molecule has 2 saturated heterocycles. The van der Waals surface area contributed by atoms with Crippen molar-refractivity contribution >= 4 is 24.2 Å². The predicted molar refractivity (Wildman–Crippen MR) is 97.2 cm³/mol. The number of hydrogen-bond donors (Lipinski definition) is 0. The summed E-state index contributed by atoms with van der Waals surface area (Å²) in [5.41, 5.74) is 0.439. The Morgan fingerprint density at radius 1 is 1.33 bits per heavy atom. The molecular weight excluding hydrogens is 375 g/mol. The molecule has 4 rings (SSSR count). The van der Waals surface area contributed by atoms with Crippen LogP contribution in [-0.4, -0.2) is 88.6 Å². The zero-order valence-corrected chi connectivity index (χ0v) is 15.7. The molecule has 3 aliphatic heterocycles. The minimum Gasteiger partial charge on any atom is -0.376 e. The lowest BCUT2D eigenvalue weighted by Crippen LogP contribution is -2.71. The maximum absolute atomic E-state index is 13.6. The van der Waals surface area contributed by atoms with Crippen molar-refractivity contribution in [2.75, 3.05) is 33.3 Å². The highest BCUT2D eigenvalue weighted by molar-refractivity contribution is 6.20. The molecule has 0 N–H and O–H groups in total. The zero-order chi connectivity index (χ0) is 19.0. The minimum absolute atomic E-state index is 0.00143. The number of methoxy groups -OCH3 is 1. The third-order valence-corrected chi connectivity index (χ3v) is 5.74. The number of piperazine rings is 1. The molecule has 3 aliphatic rings. The van der Waals surface area contributed by atoms with Crippen molar-refractivity contribution in [3.05, 3.63) is 29.8 Å². The number of amides is 1. The van der Waals surface area contributed by atoms with Crippen LogP contribution in [0.4, 0.5) is 4.39 Å². The van der Waals surface area contributed by atoms with Crippen LogP contribution in [-0.2, 0) is 9.53 Å². The summed E-state index contributed by atoms with van der Waals surface area (Å²) in [5.74, 6) is -0.365. The fourth-order valence-corrected chi connectivity index (χ4v) is 4.35. The van der Waals surface area contributed by atoms with Crippen LogP contribution in [0.3, 0.4) is 0 Å². The van der Waals surface area contributed by atoms with Crippen molar-refractivity contribution in [1.29, 1.82) is 0 Å². The summed E-state index contributed by atoms with van der Waals surface area (Å²) >= 11 is 6.68. The summed E-state index contributed by atoms with van der Waals surface area (Å²) in [6.07, 6.45) is 6.11. The SMILES string of the molecule is COC1CN(C=O)C1N1CCN(N2N=CCC2c2cncc(F)c2)C(Cl)C1. The molecule has 1 amide bonds. The Hall–Kier alpha value is -1.81. The van der Waals surface area contributed by atoms with Crippen LogP contribution in [0.25, 0.3) is 0 Å². The summed E-state index contributed by atoms with van der Waals surface area (Å²) in [7, 11) is 1.66. The average molecular weight is 397 g/mol. The summed E-state index contributed by atoms with van der Waals surface area (Å²) in [6.45, 7) is 2.53. The first-order valence-corrected chi connectivity index (χ1v) is 9.36. The Bertz CT molecular complexity index is 724. The van der Waals surface area contributed by atoms with Gasteiger partial charge in [0, 0.05) is 45.6 Å². The highest BCUT2D eigenvalue weighted by atomic mass is 35.5. The molecule has 1 aromatic rings. The summed E-state index contributed by atoms with van der Waals surface area (Å²) in [5, 5.41) is 8.27. The summed E-state index contributed by atoms with van der Waals surface area (Å²) in [6, 6.07) is 1.36. The number of rotatable bonds is 5. The molecule has 0 saturated carbocycles. The van der Waals surface area contributed by atoms with Gasteiger partial charge in [-0.2, -0.15) is 10.1 Å². The van der Waals surface area contributed by atoms with E-state index in [-0.39, 0.29) is 29.6 Å². The number of likely N-dealkylation sites (tertiary alicyclic amines) is 1. The number of aromatic nitrogens is 1. The smallest absolute Gasteiger partial charge is 0.211 e. The lowest BCUT2D eigenvalue weighted by atomic mass is 10.1. The molecule has 0 bridgehead atoms. The first-order chi connectivity index (χ1) is 13.1. The van der Waals surface area contributed by atoms with E-state index in [1.54, 1.807) is 18.2 Å². The van der Waals surface area contributed by atoms with E-state index in [9.17, 15) is 9.18 Å². The van der Waals surface area contributed by atoms with E-state index in [0.717, 1.165) is 18.5 Å². The van der Waals surface area contributed by atoms with Crippen LogP contribution in [0.5, 0.6) is 0 Å². The number of alkyl halides is 1. The van der Waals surface area contributed by atoms with Gasteiger partial charge in [-0.25, -0.2) is 9.51 Å². The Morgan fingerprint density at radius 3 is 2.89 bits per heavy atom. The van der Waals surface area contributed by atoms with Crippen LogP contribution in [0.1, 0.15) is 18.0 Å². The van der Waals surface area contributed by atoms with Crippen LogP contribution in [0.2, 0.25) is 0 Å². The molecule has 4 unspecified atom stereocenters. The van der Waals surface area contributed by atoms with Gasteiger partial charge in [0.05, 0.1) is 18.8 Å². The van der Waals surface area contributed by atoms with E-state index in [0.29, 0.717) is 26.1 Å². The fraction of sp³-hybridized carbons (Fsp3) is 0.588. The second-order valence-electron chi connectivity index (χ2n) is 6.89. The van der Waals surface area contributed by atoms with Crippen LogP contribution < -0.4 is 0 Å². The number of hydrazine groups is 1. The number of carbonyl (C=O) groups excluding carboxylic acids is 1. The van der Waals surface area contributed by atoms with E-state index in [1.807, 2.05) is 16.3 Å². The maximum Gasteiger partial charge on any atom is 0.211 e. The fourth-order valence-electron chi connectivity index (χ4n) is 3.98. The van der Waals surface area contributed by atoms with Crippen molar-refractivity contribution in [2.24, 2.45) is 5.10 Å². The van der Waals surface area contributed by atoms with Crippen molar-refractivity contribution in [3.8, 4) is 0 Å². The van der Waals surface area contributed by atoms with E-state index >= 15 is 0 Å². The quantitative estimate of drug-likeness (QED) is 0.418. The molecule has 0 radical (unpaired) electrons. The van der Waals surface area contributed by atoms with Crippen LogP contribution >= 0.6 is 11.6 Å². The van der Waals surface area contributed by atoms with Crippen molar-refractivity contribution < 1.29 is 13.9 Å². The standard InChI is InChI=1S/C17H22ClFN6O2/c1-27-15-9-23(11-26)17(15)22-4-5-24(16(18)10-22)25-14(2-3-21-25)12-6-13(19)8-20-7-12/h3,6-8,11,14-17H,2,4-5,9-10H2,1H3. The van der Waals surface area contributed by atoms with Gasteiger partial charge in [0.1, 0.15) is 23.6 Å². The highest BCUT2D eigenvalue weighted by Crippen LogP contribution is 2.33. The van der Waals surface area contributed by atoms with Gasteiger partial charge in [-0.05, 0) is 11.6 Å². The van der Waals surface area contributed by atoms with Crippen LogP contribution in [0.15, 0.2) is 23.6 Å². The number of carbonyl (C=O) groups is 1. The van der Waals surface area contributed by atoms with Crippen molar-refractivity contribution in [3.63, 3.8) is 0 Å². The lowest BCUT2D eigenvalue weighted by molar-refractivity contribution is -0.180. The lowest BCUT2D eigenvalue weighted by Gasteiger charge is -2.53. The predicted octanol–water partition coefficient (Wildman–Crippen LogP) is 0.864. The molecule has 2 fully saturated rings. The average Bonchev–Trinajstić information content (AvgIpc) is 3.11. The first kappa shape index (κ1) is 18.5. The van der Waals surface area contributed by atoms with E-state index in [1.165, 1.54) is 12.3 Å². The van der Waals surface area contributed by atoms with E-state index < -0.39 is 0 Å². The van der Waals surface area contributed by atoms with Gasteiger partial charge < -0.3 is 9.64 Å². The number of hydrazone groups is 1. The summed E-state index contributed by atoms with van der Waals surface area (Å²) in [4.78, 5) is 19.1. The molecule has 4 atom stereocenters. The topological polar surface area (TPSA) is 64.5 Å². The van der Waals surface area contributed by atoms with Gasteiger partial charge in [-0.15, -0.1) is 11.6 Å². The summed E-state index contributed by atoms with van der Waals surface area (Å²) < 4.78 is 19.0. The molecule has 0 spiro atoms. The zero-order valence-electron chi connectivity index (χ0n) is 15.0. The Morgan fingerprint density at radius 2 is 2.19 bits per heavy atom. The molecular formula is C17H22ClFN6O2. The molecule has 0 aliphatic carbocycles. The van der Waals surface area contributed by atoms with Gasteiger partial charge in [-0.1, -0.05) is 0 Å². The van der Waals surface area contributed by atoms with Gasteiger partial charge in [0.15, 0.2) is 0 Å². The first-order valence-electron chi connectivity index (χ1n) is 8.93. The molecule has 10 heteroatoms. The second-order valence-corrected chi connectivity index (χ2v) is 7.39. The normalized spacial score (nSPS) is 32.0. The maximum atomic E-state index is 13.6. The number of nitrogens with zero attached hydrogens (tertiary/aromatic N) is 6. The monoisotopic (exact) mass is 396 g/mol. The van der Waals surface area contributed by atoms with Crippen molar-refractivity contribution in [2.45, 2.75) is 30.2 Å². The molecule has 1 aromatic heterocycles. The molecule has 146 valence electrons. The second kappa shape index (κ2) is 7.67. The largest absolute Gasteiger partial charge is 0.376 e. The molecule has 27 heavy (non-hydrogen) atoms. The van der Waals surface area contributed by atoms with E-state index in [4.69, 9.17) is 16.3 Å². The van der Waals surface area contributed by atoms with E-state index in [2.05, 4.69) is 15.0 Å². The molecule has 8 nitrogen and oxygen atoms in total. The Balaban J connectivity index is 1.45. The number of ether oxygens (including phenoxy) is 1.